The Morgan fingerprint density at radius 3 is 2.93 bits per heavy atom. The molecule has 1 atom stereocenters. The molecule has 0 aliphatic heterocycles. The lowest BCUT2D eigenvalue weighted by atomic mass is 10.1. The molecule has 2 heteroatoms. The van der Waals surface area contributed by atoms with Crippen LogP contribution < -0.4 is 5.32 Å². The molecule has 0 aromatic carbocycles. The summed E-state index contributed by atoms with van der Waals surface area (Å²) in [5.74, 6) is 0. The minimum absolute atomic E-state index is 0.512. The zero-order valence-corrected chi connectivity index (χ0v) is 9.86. The molecule has 0 amide bonds. The first kappa shape index (κ1) is 11.5. The van der Waals surface area contributed by atoms with Gasteiger partial charge in [-0.3, -0.25) is 0 Å². The van der Waals surface area contributed by atoms with Gasteiger partial charge in [0.2, 0.25) is 0 Å². The smallest absolute Gasteiger partial charge is 0.0420 e. The van der Waals surface area contributed by atoms with Gasteiger partial charge in [0.25, 0.3) is 0 Å². The van der Waals surface area contributed by atoms with Gasteiger partial charge in [0.1, 0.15) is 0 Å². The summed E-state index contributed by atoms with van der Waals surface area (Å²) < 4.78 is 0. The largest absolute Gasteiger partial charge is 0.310 e. The minimum Gasteiger partial charge on any atom is -0.310 e. The van der Waals surface area contributed by atoms with Gasteiger partial charge < -0.3 is 5.32 Å². The summed E-state index contributed by atoms with van der Waals surface area (Å²) >= 11 is 1.85. The maximum atomic E-state index is 3.77. The molecule has 0 bridgehead atoms. The van der Waals surface area contributed by atoms with E-state index in [0.29, 0.717) is 6.04 Å². The van der Waals surface area contributed by atoms with Crippen molar-refractivity contribution in [2.45, 2.75) is 32.7 Å². The molecule has 0 fully saturated rings. The number of allylic oxidation sites excluding steroid dienone is 1. The van der Waals surface area contributed by atoms with Crippen molar-refractivity contribution in [3.8, 4) is 0 Å². The zero-order valence-electron chi connectivity index (χ0n) is 9.05. The summed E-state index contributed by atoms with van der Waals surface area (Å²) in [7, 11) is 0. The quantitative estimate of drug-likeness (QED) is 0.705. The van der Waals surface area contributed by atoms with E-state index in [4.69, 9.17) is 0 Å². The molecule has 0 saturated heterocycles. The number of hydrogen-bond donors (Lipinski definition) is 1. The molecule has 0 saturated carbocycles. The van der Waals surface area contributed by atoms with Crippen LogP contribution in [0.2, 0.25) is 0 Å². The Morgan fingerprint density at radius 1 is 1.64 bits per heavy atom. The summed E-state index contributed by atoms with van der Waals surface area (Å²) in [5, 5.41) is 5.69. The van der Waals surface area contributed by atoms with Crippen LogP contribution in [0.15, 0.2) is 24.1 Å². The number of nitrogens with one attached hydrogen (secondary N) is 1. The average molecular weight is 209 g/mol. The fourth-order valence-corrected chi connectivity index (χ4v) is 2.64. The predicted molar refractivity (Wildman–Crippen MR) is 64.9 cm³/mol. The number of aryl methyl sites for hydroxylation is 1. The molecule has 0 aliphatic rings. The van der Waals surface area contributed by atoms with E-state index in [1.807, 2.05) is 17.4 Å². The molecule has 1 aromatic heterocycles. The highest BCUT2D eigenvalue weighted by Crippen LogP contribution is 2.27. The monoisotopic (exact) mass is 209 g/mol. The molecule has 1 aromatic rings. The van der Waals surface area contributed by atoms with Gasteiger partial charge in [0, 0.05) is 10.9 Å². The molecule has 1 nitrogen and oxygen atoms in total. The van der Waals surface area contributed by atoms with Gasteiger partial charge in [0.05, 0.1) is 0 Å². The summed E-state index contributed by atoms with van der Waals surface area (Å²) in [6.07, 6.45) is 4.22. The topological polar surface area (TPSA) is 12.0 Å². The van der Waals surface area contributed by atoms with Gasteiger partial charge in [-0.2, -0.15) is 0 Å². The van der Waals surface area contributed by atoms with Gasteiger partial charge >= 0.3 is 0 Å². The molecular weight excluding hydrogens is 190 g/mol. The maximum absolute atomic E-state index is 3.77. The third-order valence-corrected chi connectivity index (χ3v) is 3.46. The Kier molecular flexibility index (Phi) is 4.91. The van der Waals surface area contributed by atoms with Crippen molar-refractivity contribution in [1.82, 2.24) is 5.32 Å². The van der Waals surface area contributed by atoms with E-state index in [2.05, 4.69) is 37.2 Å². The summed E-state index contributed by atoms with van der Waals surface area (Å²) in [5.41, 5.74) is 1.41. The third kappa shape index (κ3) is 2.96. The molecule has 1 unspecified atom stereocenters. The number of hydrogen-bond acceptors (Lipinski definition) is 2. The Bertz CT molecular complexity index is 278. The van der Waals surface area contributed by atoms with Crippen LogP contribution in [0.3, 0.4) is 0 Å². The molecule has 78 valence electrons. The van der Waals surface area contributed by atoms with Crippen molar-refractivity contribution in [2.24, 2.45) is 0 Å². The van der Waals surface area contributed by atoms with Crippen LogP contribution in [0.25, 0.3) is 0 Å². The van der Waals surface area contributed by atoms with Gasteiger partial charge in [-0.1, -0.05) is 13.0 Å². The van der Waals surface area contributed by atoms with Crippen molar-refractivity contribution in [3.05, 3.63) is 34.5 Å². The van der Waals surface area contributed by atoms with E-state index in [9.17, 15) is 0 Å². The van der Waals surface area contributed by atoms with Crippen LogP contribution in [-0.4, -0.2) is 6.54 Å². The van der Waals surface area contributed by atoms with Crippen molar-refractivity contribution < 1.29 is 0 Å². The summed E-state index contributed by atoms with van der Waals surface area (Å²) in [6.45, 7) is 9.14. The fraction of sp³-hybridized carbons (Fsp3) is 0.500. The van der Waals surface area contributed by atoms with E-state index in [-0.39, 0.29) is 0 Å². The number of rotatable bonds is 6. The van der Waals surface area contributed by atoms with E-state index >= 15 is 0 Å². The first-order valence-corrected chi connectivity index (χ1v) is 6.05. The molecule has 0 radical (unpaired) electrons. The standard InChI is InChI=1S/C12H19NS/c1-4-6-7-11(13-5-2)12-10(3)8-9-14-12/h4,8-9,11,13H,1,5-7H2,2-3H3. The SMILES string of the molecule is C=CCCC(NCC)c1sccc1C. The van der Waals surface area contributed by atoms with Crippen molar-refractivity contribution >= 4 is 11.3 Å². The fourth-order valence-electron chi connectivity index (χ4n) is 1.60. The Balaban J connectivity index is 2.66. The summed E-state index contributed by atoms with van der Waals surface area (Å²) in [6, 6.07) is 2.70. The average Bonchev–Trinajstić information content (AvgIpc) is 2.59. The van der Waals surface area contributed by atoms with Crippen LogP contribution in [0.4, 0.5) is 0 Å². The first-order chi connectivity index (χ1) is 6.79. The van der Waals surface area contributed by atoms with Gasteiger partial charge in [0.15, 0.2) is 0 Å². The highest BCUT2D eigenvalue weighted by atomic mass is 32.1. The zero-order chi connectivity index (χ0) is 10.4. The third-order valence-electron chi connectivity index (χ3n) is 2.33. The highest BCUT2D eigenvalue weighted by Gasteiger charge is 2.12. The van der Waals surface area contributed by atoms with Crippen LogP contribution in [0, 0.1) is 6.92 Å². The van der Waals surface area contributed by atoms with Crippen LogP contribution >= 0.6 is 11.3 Å². The molecule has 1 rings (SSSR count). The van der Waals surface area contributed by atoms with Crippen molar-refractivity contribution in [2.75, 3.05) is 6.54 Å². The van der Waals surface area contributed by atoms with Gasteiger partial charge in [-0.25, -0.2) is 0 Å². The second-order valence-electron chi connectivity index (χ2n) is 3.44. The first-order valence-electron chi connectivity index (χ1n) is 5.17. The van der Waals surface area contributed by atoms with E-state index in [0.717, 1.165) is 19.4 Å². The Morgan fingerprint density at radius 2 is 2.43 bits per heavy atom. The number of thiophene rings is 1. The van der Waals surface area contributed by atoms with Gasteiger partial charge in [-0.05, 0) is 43.3 Å². The van der Waals surface area contributed by atoms with Crippen LogP contribution in [0.1, 0.15) is 36.2 Å². The van der Waals surface area contributed by atoms with Crippen LogP contribution in [-0.2, 0) is 0 Å². The Hall–Kier alpha value is -0.600. The van der Waals surface area contributed by atoms with Gasteiger partial charge in [-0.15, -0.1) is 17.9 Å². The molecule has 1 N–H and O–H groups in total. The normalized spacial score (nSPS) is 12.7. The predicted octanol–water partition coefficient (Wildman–Crippen LogP) is 3.67. The van der Waals surface area contributed by atoms with Crippen molar-refractivity contribution in [1.29, 1.82) is 0 Å². The molecule has 0 spiro atoms. The lowest BCUT2D eigenvalue weighted by Gasteiger charge is -2.16. The second-order valence-corrected chi connectivity index (χ2v) is 4.39. The maximum Gasteiger partial charge on any atom is 0.0420 e. The highest BCUT2D eigenvalue weighted by molar-refractivity contribution is 7.10. The van der Waals surface area contributed by atoms with E-state index in [1.165, 1.54) is 10.4 Å². The minimum atomic E-state index is 0.512. The molecular formula is C12H19NS. The van der Waals surface area contributed by atoms with Crippen LogP contribution in [0.5, 0.6) is 0 Å². The van der Waals surface area contributed by atoms with Crippen molar-refractivity contribution in [3.63, 3.8) is 0 Å². The Labute approximate surface area is 90.9 Å². The lowest BCUT2D eigenvalue weighted by molar-refractivity contribution is 0.525. The molecule has 14 heavy (non-hydrogen) atoms. The second kappa shape index (κ2) is 5.99. The summed E-state index contributed by atoms with van der Waals surface area (Å²) in [4.78, 5) is 1.48. The molecule has 0 aliphatic carbocycles. The van der Waals surface area contributed by atoms with E-state index in [1.54, 1.807) is 0 Å². The lowest BCUT2D eigenvalue weighted by Crippen LogP contribution is -2.20. The molecule has 1 heterocycles. The van der Waals surface area contributed by atoms with E-state index < -0.39 is 0 Å².